The number of aromatic nitrogens is 1. The van der Waals surface area contributed by atoms with Crippen LogP contribution in [0.3, 0.4) is 0 Å². The Morgan fingerprint density at radius 1 is 1.35 bits per heavy atom. The van der Waals surface area contributed by atoms with E-state index in [4.69, 9.17) is 4.52 Å². The molecule has 1 aliphatic heterocycles. The first-order valence-electron chi connectivity index (χ1n) is 8.38. The van der Waals surface area contributed by atoms with Gasteiger partial charge in [-0.3, -0.25) is 4.99 Å². The normalized spacial score (nSPS) is 16.4. The van der Waals surface area contributed by atoms with Crippen LogP contribution in [0, 0.1) is 0 Å². The van der Waals surface area contributed by atoms with Gasteiger partial charge in [0.15, 0.2) is 5.96 Å². The lowest BCUT2D eigenvalue weighted by atomic mass is 10.3. The smallest absolute Gasteiger partial charge is 0.220 e. The molecule has 0 aromatic carbocycles. The third-order valence-electron chi connectivity index (χ3n) is 4.02. The molecule has 0 unspecified atom stereocenters. The van der Waals surface area contributed by atoms with Crippen LogP contribution >= 0.6 is 35.7 Å². The number of unbranched alkanes of at least 4 members (excludes halogenated alkanes) is 1. The molecule has 1 aromatic heterocycles. The maximum atomic E-state index is 12.4. The van der Waals surface area contributed by atoms with E-state index in [0.717, 1.165) is 18.9 Å². The van der Waals surface area contributed by atoms with Gasteiger partial charge in [-0.05, 0) is 24.9 Å². The molecule has 0 spiro atoms. The number of nitrogens with one attached hydrogen (secondary N) is 1. The minimum absolute atomic E-state index is 0. The number of hydrogen-bond acceptors (Lipinski definition) is 6. The van der Waals surface area contributed by atoms with E-state index in [-0.39, 0.29) is 29.7 Å². The molecular formula is C15H28IN5O3S2. The highest BCUT2D eigenvalue weighted by atomic mass is 127. The lowest BCUT2D eigenvalue weighted by Crippen LogP contribution is -2.54. The van der Waals surface area contributed by atoms with Crippen molar-refractivity contribution in [2.24, 2.45) is 4.99 Å². The minimum Gasteiger partial charge on any atom is -0.364 e. The average Bonchev–Trinajstić information content (AvgIpc) is 3.10. The fraction of sp³-hybridized carbons (Fsp3) is 0.733. The number of sulfonamides is 1. The van der Waals surface area contributed by atoms with Gasteiger partial charge in [-0.2, -0.15) is 16.1 Å². The fourth-order valence-corrected chi connectivity index (χ4v) is 4.59. The molecule has 2 heterocycles. The SMILES string of the molecule is CN=C(NCCCCSC)N1CCN(S(=O)(=O)Cc2ccon2)CC1.I. The predicted molar refractivity (Wildman–Crippen MR) is 117 cm³/mol. The van der Waals surface area contributed by atoms with E-state index < -0.39 is 10.0 Å². The first kappa shape index (κ1) is 23.5. The summed E-state index contributed by atoms with van der Waals surface area (Å²) in [6.07, 6.45) is 5.78. The van der Waals surface area contributed by atoms with Gasteiger partial charge in [0.25, 0.3) is 0 Å². The molecular weight excluding hydrogens is 489 g/mol. The number of thioether (sulfide) groups is 1. The molecule has 150 valence electrons. The van der Waals surface area contributed by atoms with Gasteiger partial charge in [0.2, 0.25) is 10.0 Å². The molecule has 0 radical (unpaired) electrons. The van der Waals surface area contributed by atoms with E-state index in [0.29, 0.717) is 31.9 Å². The summed E-state index contributed by atoms with van der Waals surface area (Å²) in [6, 6.07) is 1.58. The third kappa shape index (κ3) is 7.24. The van der Waals surface area contributed by atoms with Crippen molar-refractivity contribution in [1.29, 1.82) is 0 Å². The number of rotatable bonds is 8. The number of halogens is 1. The highest BCUT2D eigenvalue weighted by molar-refractivity contribution is 14.0. The standard InChI is InChI=1S/C15H27N5O3S2.HI/c1-16-15(17-6-3-4-12-24-2)19-7-9-20(10-8-19)25(21,22)13-14-5-11-23-18-14;/h5,11H,3-4,6-10,12-13H2,1-2H3,(H,16,17);1H. The van der Waals surface area contributed by atoms with Crippen molar-refractivity contribution < 1.29 is 12.9 Å². The van der Waals surface area contributed by atoms with Crippen LogP contribution in [0.15, 0.2) is 21.8 Å². The maximum Gasteiger partial charge on any atom is 0.220 e. The summed E-state index contributed by atoms with van der Waals surface area (Å²) in [6.45, 7) is 3.05. The van der Waals surface area contributed by atoms with Crippen molar-refractivity contribution in [2.75, 3.05) is 51.8 Å². The van der Waals surface area contributed by atoms with E-state index in [1.54, 1.807) is 13.1 Å². The zero-order chi connectivity index (χ0) is 18.1. The summed E-state index contributed by atoms with van der Waals surface area (Å²) in [4.78, 5) is 6.42. The highest BCUT2D eigenvalue weighted by Crippen LogP contribution is 2.12. The molecule has 1 aromatic rings. The van der Waals surface area contributed by atoms with Crippen LogP contribution in [-0.2, 0) is 15.8 Å². The Bertz CT molecular complexity index is 632. The summed E-state index contributed by atoms with van der Waals surface area (Å²) in [5, 5.41) is 7.05. The van der Waals surface area contributed by atoms with Gasteiger partial charge in [0.1, 0.15) is 12.0 Å². The lowest BCUT2D eigenvalue weighted by molar-refractivity contribution is 0.260. The molecule has 1 fully saturated rings. The van der Waals surface area contributed by atoms with Gasteiger partial charge in [0, 0.05) is 45.8 Å². The Hall–Kier alpha value is -0.530. The Balaban J connectivity index is 0.00000338. The molecule has 0 amide bonds. The topological polar surface area (TPSA) is 91.0 Å². The van der Waals surface area contributed by atoms with E-state index in [2.05, 4.69) is 26.6 Å². The first-order chi connectivity index (χ1) is 12.1. The minimum atomic E-state index is -3.37. The monoisotopic (exact) mass is 517 g/mol. The van der Waals surface area contributed by atoms with Crippen LogP contribution in [0.4, 0.5) is 0 Å². The van der Waals surface area contributed by atoms with E-state index >= 15 is 0 Å². The third-order valence-corrected chi connectivity index (χ3v) is 6.53. The molecule has 11 heteroatoms. The molecule has 26 heavy (non-hydrogen) atoms. The molecule has 1 N–H and O–H groups in total. The zero-order valence-corrected chi connectivity index (χ0v) is 19.2. The number of guanidine groups is 1. The first-order valence-corrected chi connectivity index (χ1v) is 11.4. The van der Waals surface area contributed by atoms with Gasteiger partial charge in [-0.25, -0.2) is 8.42 Å². The van der Waals surface area contributed by atoms with Crippen molar-refractivity contribution in [1.82, 2.24) is 19.7 Å². The van der Waals surface area contributed by atoms with Crippen LogP contribution in [0.25, 0.3) is 0 Å². The number of piperazine rings is 1. The van der Waals surface area contributed by atoms with Crippen LogP contribution in [0.1, 0.15) is 18.5 Å². The molecule has 8 nitrogen and oxygen atoms in total. The quantitative estimate of drug-likeness (QED) is 0.242. The summed E-state index contributed by atoms with van der Waals surface area (Å²) >= 11 is 1.86. The Labute approximate surface area is 177 Å². The Morgan fingerprint density at radius 2 is 2.08 bits per heavy atom. The lowest BCUT2D eigenvalue weighted by Gasteiger charge is -2.35. The largest absolute Gasteiger partial charge is 0.364 e. The maximum absolute atomic E-state index is 12.4. The summed E-state index contributed by atoms with van der Waals surface area (Å²) in [5.74, 6) is 1.89. The molecule has 1 saturated heterocycles. The molecule has 1 aliphatic rings. The molecule has 0 bridgehead atoms. The van der Waals surface area contributed by atoms with Crippen molar-refractivity contribution in [2.45, 2.75) is 18.6 Å². The molecule has 2 rings (SSSR count). The van der Waals surface area contributed by atoms with Crippen molar-refractivity contribution in [3.8, 4) is 0 Å². The molecule has 0 aliphatic carbocycles. The second-order valence-corrected chi connectivity index (χ2v) is 8.76. The Kier molecular flexibility index (Phi) is 10.9. The Morgan fingerprint density at radius 3 is 2.65 bits per heavy atom. The summed E-state index contributed by atoms with van der Waals surface area (Å²) < 4.78 is 31.1. The van der Waals surface area contributed by atoms with Crippen LogP contribution in [0.2, 0.25) is 0 Å². The van der Waals surface area contributed by atoms with Gasteiger partial charge in [0.05, 0.1) is 5.69 Å². The van der Waals surface area contributed by atoms with Gasteiger partial charge < -0.3 is 14.7 Å². The zero-order valence-electron chi connectivity index (χ0n) is 15.3. The fourth-order valence-electron chi connectivity index (χ4n) is 2.67. The van der Waals surface area contributed by atoms with Crippen molar-refractivity contribution in [3.05, 3.63) is 18.0 Å². The van der Waals surface area contributed by atoms with Crippen molar-refractivity contribution >= 4 is 51.7 Å². The number of nitrogens with zero attached hydrogens (tertiary/aromatic N) is 4. The second-order valence-electron chi connectivity index (χ2n) is 5.81. The second kappa shape index (κ2) is 12.0. The van der Waals surface area contributed by atoms with Gasteiger partial charge >= 0.3 is 0 Å². The molecule has 0 saturated carbocycles. The predicted octanol–water partition coefficient (Wildman–Crippen LogP) is 1.46. The van der Waals surface area contributed by atoms with E-state index in [1.165, 1.54) is 22.7 Å². The van der Waals surface area contributed by atoms with E-state index in [9.17, 15) is 8.42 Å². The van der Waals surface area contributed by atoms with Crippen LogP contribution < -0.4 is 5.32 Å². The number of aliphatic imine (C=N–C) groups is 1. The average molecular weight is 517 g/mol. The van der Waals surface area contributed by atoms with Gasteiger partial charge in [-0.1, -0.05) is 5.16 Å². The highest BCUT2D eigenvalue weighted by Gasteiger charge is 2.28. The van der Waals surface area contributed by atoms with Gasteiger partial charge in [-0.15, -0.1) is 24.0 Å². The summed E-state index contributed by atoms with van der Waals surface area (Å²) in [5.41, 5.74) is 0.435. The van der Waals surface area contributed by atoms with Crippen LogP contribution in [-0.4, -0.2) is 80.5 Å². The number of hydrogen-bond donors (Lipinski definition) is 1. The van der Waals surface area contributed by atoms with Crippen LogP contribution in [0.5, 0.6) is 0 Å². The van der Waals surface area contributed by atoms with E-state index in [1.807, 2.05) is 11.8 Å². The summed E-state index contributed by atoms with van der Waals surface area (Å²) in [7, 11) is -1.61. The van der Waals surface area contributed by atoms with Crippen molar-refractivity contribution in [3.63, 3.8) is 0 Å². The molecule has 0 atom stereocenters.